The van der Waals surface area contributed by atoms with Crippen LogP contribution in [0.3, 0.4) is 0 Å². The molecule has 2 unspecified atom stereocenters. The number of likely N-dealkylation sites (tertiary alicyclic amines) is 2. The van der Waals surface area contributed by atoms with Crippen molar-refractivity contribution >= 4 is 6.09 Å². The molecular weight excluding hydrogens is 290 g/mol. The molecule has 2 rings (SSSR count). The maximum atomic E-state index is 12.3. The van der Waals surface area contributed by atoms with E-state index in [-0.39, 0.29) is 6.09 Å². The Balaban J connectivity index is 1.83. The van der Waals surface area contributed by atoms with Gasteiger partial charge in [0.25, 0.3) is 0 Å². The van der Waals surface area contributed by atoms with Crippen LogP contribution in [0, 0.1) is 0 Å². The van der Waals surface area contributed by atoms with Gasteiger partial charge in [-0.2, -0.15) is 0 Å². The zero-order chi connectivity index (χ0) is 16.9. The Hall–Kier alpha value is -0.810. The van der Waals surface area contributed by atoms with Crippen molar-refractivity contribution in [3.8, 4) is 0 Å². The second-order valence-corrected chi connectivity index (χ2v) is 8.16. The predicted molar refractivity (Wildman–Crippen MR) is 93.7 cm³/mol. The van der Waals surface area contributed by atoms with Crippen LogP contribution in [0.25, 0.3) is 0 Å². The van der Waals surface area contributed by atoms with Gasteiger partial charge >= 0.3 is 6.09 Å². The lowest BCUT2D eigenvalue weighted by molar-refractivity contribution is 0.0242. The van der Waals surface area contributed by atoms with Crippen molar-refractivity contribution in [1.82, 2.24) is 15.1 Å². The van der Waals surface area contributed by atoms with Crippen LogP contribution in [-0.2, 0) is 4.74 Å². The fourth-order valence-electron chi connectivity index (χ4n) is 3.51. The van der Waals surface area contributed by atoms with Crippen LogP contribution in [0.4, 0.5) is 4.79 Å². The first-order chi connectivity index (χ1) is 10.8. The van der Waals surface area contributed by atoms with Gasteiger partial charge in [-0.25, -0.2) is 4.79 Å². The van der Waals surface area contributed by atoms with Gasteiger partial charge in [-0.05, 0) is 60.0 Å². The lowest BCUT2D eigenvalue weighted by Crippen LogP contribution is -2.49. The average molecular weight is 325 g/mol. The Morgan fingerprint density at radius 3 is 2.52 bits per heavy atom. The molecule has 2 saturated heterocycles. The van der Waals surface area contributed by atoms with E-state index in [1.807, 2.05) is 25.7 Å². The van der Waals surface area contributed by atoms with Crippen LogP contribution in [0.1, 0.15) is 59.3 Å². The molecule has 0 saturated carbocycles. The monoisotopic (exact) mass is 325 g/mol. The molecule has 5 nitrogen and oxygen atoms in total. The number of nitrogens with one attached hydrogen (secondary N) is 1. The number of ether oxygens (including phenoxy) is 1. The van der Waals surface area contributed by atoms with Crippen molar-refractivity contribution in [2.45, 2.75) is 77.0 Å². The summed E-state index contributed by atoms with van der Waals surface area (Å²) in [6.07, 6.45) is 7.18. The lowest BCUT2D eigenvalue weighted by Gasteiger charge is -2.34. The number of nitrogens with zero attached hydrogens (tertiary/aromatic N) is 2. The highest BCUT2D eigenvalue weighted by atomic mass is 16.6. The van der Waals surface area contributed by atoms with Gasteiger partial charge in [-0.1, -0.05) is 12.8 Å². The van der Waals surface area contributed by atoms with Gasteiger partial charge < -0.3 is 19.9 Å². The average Bonchev–Trinajstić information content (AvgIpc) is 2.70. The second kappa shape index (κ2) is 8.34. The lowest BCUT2D eigenvalue weighted by atomic mass is 10.0. The van der Waals surface area contributed by atoms with E-state index >= 15 is 0 Å². The number of amides is 1. The van der Waals surface area contributed by atoms with E-state index in [1.165, 1.54) is 32.2 Å². The molecule has 5 heteroatoms. The quantitative estimate of drug-likeness (QED) is 0.866. The van der Waals surface area contributed by atoms with Gasteiger partial charge in [0, 0.05) is 31.7 Å². The molecule has 0 aliphatic carbocycles. The molecule has 2 heterocycles. The van der Waals surface area contributed by atoms with Gasteiger partial charge in [0.05, 0.1) is 0 Å². The number of piperidine rings is 1. The minimum atomic E-state index is -0.420. The zero-order valence-corrected chi connectivity index (χ0v) is 15.4. The second-order valence-electron chi connectivity index (χ2n) is 8.16. The third kappa shape index (κ3) is 6.30. The molecule has 0 aromatic heterocycles. The fraction of sp³-hybridized carbons (Fsp3) is 0.944. The molecule has 134 valence electrons. The third-order valence-electron chi connectivity index (χ3n) is 4.89. The SMILES string of the molecule is CN1CCCCC1CNC1CCCCN(C(=O)OC(C)(C)C)C1. The van der Waals surface area contributed by atoms with Crippen LogP contribution >= 0.6 is 0 Å². The first-order valence-electron chi connectivity index (χ1n) is 9.27. The standard InChI is InChI=1S/C18H35N3O2/c1-18(2,3)23-17(22)21-12-8-5-9-15(14-21)19-13-16-10-6-7-11-20(16)4/h15-16,19H,5-14H2,1-4H3. The molecule has 0 aromatic rings. The molecule has 0 bridgehead atoms. The molecule has 2 aliphatic heterocycles. The number of hydrogen-bond acceptors (Lipinski definition) is 4. The van der Waals surface area contributed by atoms with E-state index in [4.69, 9.17) is 4.74 Å². The highest BCUT2D eigenvalue weighted by molar-refractivity contribution is 5.68. The Bertz CT molecular complexity index is 381. The molecule has 1 N–H and O–H groups in total. The molecule has 0 aromatic carbocycles. The van der Waals surface area contributed by atoms with Crippen molar-refractivity contribution < 1.29 is 9.53 Å². The maximum absolute atomic E-state index is 12.3. The van der Waals surface area contributed by atoms with Crippen LogP contribution in [0.15, 0.2) is 0 Å². The summed E-state index contributed by atoms with van der Waals surface area (Å²) in [7, 11) is 2.23. The first-order valence-corrected chi connectivity index (χ1v) is 9.27. The normalized spacial score (nSPS) is 27.6. The van der Waals surface area contributed by atoms with Crippen molar-refractivity contribution in [3.05, 3.63) is 0 Å². The molecule has 2 atom stereocenters. The summed E-state index contributed by atoms with van der Waals surface area (Å²) in [5.41, 5.74) is -0.420. The van der Waals surface area contributed by atoms with Crippen LogP contribution in [0.2, 0.25) is 0 Å². The van der Waals surface area contributed by atoms with Gasteiger partial charge in [0.15, 0.2) is 0 Å². The van der Waals surface area contributed by atoms with E-state index in [0.29, 0.717) is 12.1 Å². The minimum Gasteiger partial charge on any atom is -0.444 e. The number of carbonyl (C=O) groups is 1. The topological polar surface area (TPSA) is 44.8 Å². The van der Waals surface area contributed by atoms with E-state index in [1.54, 1.807) is 0 Å². The zero-order valence-electron chi connectivity index (χ0n) is 15.4. The summed E-state index contributed by atoms with van der Waals surface area (Å²) in [4.78, 5) is 16.7. The van der Waals surface area contributed by atoms with Gasteiger partial charge in [-0.15, -0.1) is 0 Å². The predicted octanol–water partition coefficient (Wildman–Crippen LogP) is 2.85. The van der Waals surface area contributed by atoms with E-state index in [0.717, 1.165) is 32.5 Å². The Kier molecular flexibility index (Phi) is 6.72. The number of carbonyl (C=O) groups excluding carboxylic acids is 1. The smallest absolute Gasteiger partial charge is 0.410 e. The van der Waals surface area contributed by atoms with E-state index in [9.17, 15) is 4.79 Å². The first kappa shape index (κ1) is 18.5. The molecular formula is C18H35N3O2. The minimum absolute atomic E-state index is 0.166. The highest BCUT2D eigenvalue weighted by Crippen LogP contribution is 2.17. The number of rotatable bonds is 3. The molecule has 0 spiro atoms. The number of hydrogen-bond donors (Lipinski definition) is 1. The van der Waals surface area contributed by atoms with Gasteiger partial charge in [-0.3, -0.25) is 0 Å². The molecule has 1 amide bonds. The van der Waals surface area contributed by atoms with E-state index in [2.05, 4.69) is 17.3 Å². The largest absolute Gasteiger partial charge is 0.444 e. The van der Waals surface area contributed by atoms with Crippen molar-refractivity contribution in [3.63, 3.8) is 0 Å². The van der Waals surface area contributed by atoms with Crippen molar-refractivity contribution in [2.24, 2.45) is 0 Å². The Morgan fingerprint density at radius 1 is 1.13 bits per heavy atom. The molecule has 0 radical (unpaired) electrons. The Labute approximate surface area is 141 Å². The van der Waals surface area contributed by atoms with E-state index < -0.39 is 5.60 Å². The summed E-state index contributed by atoms with van der Waals surface area (Å²) in [6, 6.07) is 1.03. The molecule has 23 heavy (non-hydrogen) atoms. The van der Waals surface area contributed by atoms with Crippen LogP contribution in [0.5, 0.6) is 0 Å². The van der Waals surface area contributed by atoms with Crippen molar-refractivity contribution in [1.29, 1.82) is 0 Å². The third-order valence-corrected chi connectivity index (χ3v) is 4.89. The molecule has 2 aliphatic rings. The number of likely N-dealkylation sites (N-methyl/N-ethyl adjacent to an activating group) is 1. The van der Waals surface area contributed by atoms with Crippen molar-refractivity contribution in [2.75, 3.05) is 33.2 Å². The summed E-state index contributed by atoms with van der Waals surface area (Å²) < 4.78 is 5.54. The van der Waals surface area contributed by atoms with Gasteiger partial charge in [0.2, 0.25) is 0 Å². The summed E-state index contributed by atoms with van der Waals surface area (Å²) >= 11 is 0. The van der Waals surface area contributed by atoms with Crippen LogP contribution < -0.4 is 5.32 Å². The highest BCUT2D eigenvalue weighted by Gasteiger charge is 2.27. The fourth-order valence-corrected chi connectivity index (χ4v) is 3.51. The Morgan fingerprint density at radius 2 is 1.83 bits per heavy atom. The van der Waals surface area contributed by atoms with Gasteiger partial charge in [0.1, 0.15) is 5.60 Å². The maximum Gasteiger partial charge on any atom is 0.410 e. The van der Waals surface area contributed by atoms with Crippen LogP contribution in [-0.4, -0.2) is 66.8 Å². The summed E-state index contributed by atoms with van der Waals surface area (Å²) in [5.74, 6) is 0. The summed E-state index contributed by atoms with van der Waals surface area (Å²) in [5, 5.41) is 3.72. The molecule has 2 fully saturated rings. The summed E-state index contributed by atoms with van der Waals surface area (Å²) in [6.45, 7) is 9.61.